The maximum Gasteiger partial charge on any atom is 0.0886 e. The van der Waals surface area contributed by atoms with Gasteiger partial charge < -0.3 is 10.2 Å². The highest BCUT2D eigenvalue weighted by Gasteiger charge is 2.30. The topological polar surface area (TPSA) is 26.0 Å². The van der Waals surface area contributed by atoms with Gasteiger partial charge in [0, 0.05) is 12.0 Å². The minimum atomic E-state index is -0.00974. The van der Waals surface area contributed by atoms with Gasteiger partial charge in [0.25, 0.3) is 0 Å². The van der Waals surface area contributed by atoms with Gasteiger partial charge in [-0.15, -0.1) is 0 Å². The summed E-state index contributed by atoms with van der Waals surface area (Å²) >= 11 is 0. The average molecular weight is 213 g/mol. The van der Waals surface area contributed by atoms with E-state index >= 15 is 0 Å². The Labute approximate surface area is 95.4 Å². The number of nitrogens with two attached hydrogens (primary N) is 1. The summed E-state index contributed by atoms with van der Waals surface area (Å²) in [5, 5.41) is 0. The van der Waals surface area contributed by atoms with Crippen LogP contribution in [0.4, 0.5) is 0 Å². The maximum absolute atomic E-state index is 6.06. The summed E-state index contributed by atoms with van der Waals surface area (Å²) in [5.41, 5.74) is 6.05. The molecule has 1 fully saturated rings. The summed E-state index contributed by atoms with van der Waals surface area (Å²) in [6.07, 6.45) is 8.25. The van der Waals surface area contributed by atoms with Gasteiger partial charge in [0.1, 0.15) is 0 Å². The summed E-state index contributed by atoms with van der Waals surface area (Å²) in [6.45, 7) is 5.48. The second-order valence-corrected chi connectivity index (χ2v) is 6.53. The smallest absolute Gasteiger partial charge is 0.0886 e. The molecule has 15 heavy (non-hydrogen) atoms. The van der Waals surface area contributed by atoms with Gasteiger partial charge in [-0.1, -0.05) is 6.42 Å². The summed E-state index contributed by atoms with van der Waals surface area (Å²) in [6, 6.07) is 0.876. The van der Waals surface area contributed by atoms with Crippen LogP contribution < -0.4 is 5.73 Å². The van der Waals surface area contributed by atoms with Gasteiger partial charge in [0.05, 0.1) is 26.7 Å². The number of hydrogen-bond acceptors (Lipinski definition) is 1. The lowest BCUT2D eigenvalue weighted by atomic mass is 9.92. The fourth-order valence-corrected chi connectivity index (χ4v) is 2.54. The fraction of sp³-hybridized carbons (Fsp3) is 1.00. The summed E-state index contributed by atoms with van der Waals surface area (Å²) in [5.74, 6) is 0. The van der Waals surface area contributed by atoms with Crippen molar-refractivity contribution < 1.29 is 4.48 Å². The van der Waals surface area contributed by atoms with Gasteiger partial charge in [-0.3, -0.25) is 0 Å². The molecule has 0 radical (unpaired) electrons. The zero-order valence-electron chi connectivity index (χ0n) is 11.1. The van der Waals surface area contributed by atoms with Crippen LogP contribution in [0.2, 0.25) is 0 Å². The van der Waals surface area contributed by atoms with Gasteiger partial charge in [-0.05, 0) is 39.5 Å². The predicted octanol–water partition coefficient (Wildman–Crippen LogP) is 2.52. The molecule has 0 unspecified atom stereocenters. The molecule has 0 bridgehead atoms. The van der Waals surface area contributed by atoms with Crippen molar-refractivity contribution in [1.29, 1.82) is 0 Å². The predicted molar refractivity (Wildman–Crippen MR) is 66.7 cm³/mol. The molecule has 0 heterocycles. The quantitative estimate of drug-likeness (QED) is 0.714. The average Bonchev–Trinajstić information content (AvgIpc) is 2.16. The summed E-state index contributed by atoms with van der Waals surface area (Å²) in [7, 11) is 4.75. The maximum atomic E-state index is 6.06. The van der Waals surface area contributed by atoms with Crippen LogP contribution >= 0.6 is 0 Å². The molecule has 0 aromatic heterocycles. The van der Waals surface area contributed by atoms with E-state index in [9.17, 15) is 0 Å². The molecular weight excluding hydrogens is 184 g/mol. The molecule has 1 saturated carbocycles. The largest absolute Gasteiger partial charge is 0.326 e. The Balaban J connectivity index is 2.42. The zero-order chi connectivity index (χ0) is 11.5. The molecule has 1 aliphatic carbocycles. The lowest BCUT2D eigenvalue weighted by Gasteiger charge is -2.41. The third kappa shape index (κ3) is 4.52. The Bertz CT molecular complexity index is 185. The van der Waals surface area contributed by atoms with Crippen LogP contribution in [0.15, 0.2) is 0 Å². The Morgan fingerprint density at radius 1 is 1.13 bits per heavy atom. The SMILES string of the molecule is CC(C)(N)CC[N+](C)(C)C1CCCCC1. The van der Waals surface area contributed by atoms with Gasteiger partial charge in [0.2, 0.25) is 0 Å². The van der Waals surface area contributed by atoms with Crippen LogP contribution in [0.1, 0.15) is 52.4 Å². The monoisotopic (exact) mass is 213 g/mol. The van der Waals surface area contributed by atoms with Crippen molar-refractivity contribution in [3.8, 4) is 0 Å². The van der Waals surface area contributed by atoms with Crippen LogP contribution in [0.25, 0.3) is 0 Å². The molecule has 90 valence electrons. The Hall–Kier alpha value is -0.0800. The highest BCUT2D eigenvalue weighted by atomic mass is 15.3. The summed E-state index contributed by atoms with van der Waals surface area (Å²) < 4.78 is 1.17. The van der Waals surface area contributed by atoms with E-state index in [4.69, 9.17) is 5.73 Å². The van der Waals surface area contributed by atoms with Gasteiger partial charge >= 0.3 is 0 Å². The van der Waals surface area contributed by atoms with Crippen LogP contribution in [0.5, 0.6) is 0 Å². The molecular formula is C13H29N2+. The van der Waals surface area contributed by atoms with Crippen molar-refractivity contribution in [1.82, 2.24) is 0 Å². The van der Waals surface area contributed by atoms with Crippen molar-refractivity contribution in [2.45, 2.75) is 64.0 Å². The van der Waals surface area contributed by atoms with E-state index in [0.29, 0.717) is 0 Å². The van der Waals surface area contributed by atoms with E-state index in [1.54, 1.807) is 0 Å². The van der Waals surface area contributed by atoms with Gasteiger partial charge in [-0.2, -0.15) is 0 Å². The van der Waals surface area contributed by atoms with Gasteiger partial charge in [-0.25, -0.2) is 0 Å². The van der Waals surface area contributed by atoms with Crippen LogP contribution in [-0.4, -0.2) is 36.7 Å². The third-order valence-electron chi connectivity index (χ3n) is 3.90. The van der Waals surface area contributed by atoms with Crippen LogP contribution in [-0.2, 0) is 0 Å². The van der Waals surface area contributed by atoms with Crippen LogP contribution in [0.3, 0.4) is 0 Å². The first-order chi connectivity index (χ1) is 6.81. The number of quaternary nitrogens is 1. The van der Waals surface area contributed by atoms with Crippen LogP contribution in [0, 0.1) is 0 Å². The van der Waals surface area contributed by atoms with Crippen molar-refractivity contribution in [2.24, 2.45) is 5.73 Å². The highest BCUT2D eigenvalue weighted by Crippen LogP contribution is 2.26. The molecule has 1 rings (SSSR count). The number of nitrogens with zero attached hydrogens (tertiary/aromatic N) is 1. The normalized spacial score (nSPS) is 20.6. The molecule has 2 heteroatoms. The minimum absolute atomic E-state index is 0.00974. The fourth-order valence-electron chi connectivity index (χ4n) is 2.54. The highest BCUT2D eigenvalue weighted by molar-refractivity contribution is 4.72. The molecule has 0 atom stereocenters. The second-order valence-electron chi connectivity index (χ2n) is 6.53. The van der Waals surface area contributed by atoms with E-state index in [2.05, 4.69) is 27.9 Å². The minimum Gasteiger partial charge on any atom is -0.326 e. The standard InChI is InChI=1S/C13H29N2/c1-13(2,14)10-11-15(3,4)12-8-6-5-7-9-12/h12H,5-11,14H2,1-4H3/q+1. The number of hydrogen-bond donors (Lipinski definition) is 1. The number of rotatable bonds is 4. The second kappa shape index (κ2) is 4.84. The van der Waals surface area contributed by atoms with E-state index in [0.717, 1.165) is 12.5 Å². The van der Waals surface area contributed by atoms with Crippen molar-refractivity contribution in [2.75, 3.05) is 20.6 Å². The lowest BCUT2D eigenvalue weighted by Crippen LogP contribution is -2.52. The van der Waals surface area contributed by atoms with E-state index in [1.165, 1.54) is 43.1 Å². The molecule has 0 aliphatic heterocycles. The van der Waals surface area contributed by atoms with Crippen molar-refractivity contribution in [3.63, 3.8) is 0 Å². The van der Waals surface area contributed by atoms with Crippen molar-refractivity contribution >= 4 is 0 Å². The Morgan fingerprint density at radius 2 is 1.67 bits per heavy atom. The first-order valence-electron chi connectivity index (χ1n) is 6.43. The molecule has 0 aromatic rings. The van der Waals surface area contributed by atoms with Crippen molar-refractivity contribution in [3.05, 3.63) is 0 Å². The molecule has 2 N–H and O–H groups in total. The molecule has 0 amide bonds. The molecule has 1 aliphatic rings. The van der Waals surface area contributed by atoms with Gasteiger partial charge in [0.15, 0.2) is 0 Å². The van der Waals surface area contributed by atoms with E-state index < -0.39 is 0 Å². The summed E-state index contributed by atoms with van der Waals surface area (Å²) in [4.78, 5) is 0. The lowest BCUT2D eigenvalue weighted by molar-refractivity contribution is -0.916. The third-order valence-corrected chi connectivity index (χ3v) is 3.90. The molecule has 0 aromatic carbocycles. The zero-order valence-corrected chi connectivity index (χ0v) is 11.1. The molecule has 2 nitrogen and oxygen atoms in total. The Kier molecular flexibility index (Phi) is 4.19. The molecule has 0 saturated heterocycles. The Morgan fingerprint density at radius 3 is 2.13 bits per heavy atom. The first-order valence-corrected chi connectivity index (χ1v) is 6.43. The first kappa shape index (κ1) is 13.0. The van der Waals surface area contributed by atoms with E-state index in [1.807, 2.05) is 0 Å². The van der Waals surface area contributed by atoms with E-state index in [-0.39, 0.29) is 5.54 Å². The molecule has 0 spiro atoms.